The van der Waals surface area contributed by atoms with Gasteiger partial charge < -0.3 is 5.32 Å². The van der Waals surface area contributed by atoms with Crippen molar-refractivity contribution in [1.29, 1.82) is 0 Å². The number of nitrogens with one attached hydrogen (secondary N) is 1. The fourth-order valence-corrected chi connectivity index (χ4v) is 3.90. The van der Waals surface area contributed by atoms with Crippen molar-refractivity contribution in [2.45, 2.75) is 6.92 Å². The van der Waals surface area contributed by atoms with Gasteiger partial charge in [-0.1, -0.05) is 52.3 Å². The van der Waals surface area contributed by atoms with Crippen LogP contribution >= 0.6 is 39.7 Å². The van der Waals surface area contributed by atoms with Crippen molar-refractivity contribution in [3.63, 3.8) is 0 Å². The molecule has 126 valence electrons. The SMILES string of the molecule is Cc1ccc(Nc2ncnc3scc(-c4ccccc4)c23)cc1Br.Cl. The van der Waals surface area contributed by atoms with Gasteiger partial charge in [-0.25, -0.2) is 9.97 Å². The Kier molecular flexibility index (Phi) is 5.37. The van der Waals surface area contributed by atoms with Crippen molar-refractivity contribution in [1.82, 2.24) is 9.97 Å². The van der Waals surface area contributed by atoms with Crippen LogP contribution in [0, 0.1) is 6.92 Å². The van der Waals surface area contributed by atoms with Gasteiger partial charge in [-0.05, 0) is 30.2 Å². The highest BCUT2D eigenvalue weighted by molar-refractivity contribution is 9.10. The summed E-state index contributed by atoms with van der Waals surface area (Å²) in [6, 6.07) is 16.6. The average Bonchev–Trinajstić information content (AvgIpc) is 3.04. The predicted molar refractivity (Wildman–Crippen MR) is 112 cm³/mol. The fourth-order valence-electron chi connectivity index (χ4n) is 2.61. The molecule has 0 spiro atoms. The van der Waals surface area contributed by atoms with Gasteiger partial charge in [-0.15, -0.1) is 23.7 Å². The van der Waals surface area contributed by atoms with E-state index in [0.717, 1.165) is 31.8 Å². The zero-order valence-corrected chi connectivity index (χ0v) is 16.6. The molecule has 0 unspecified atom stereocenters. The first-order chi connectivity index (χ1) is 11.7. The molecule has 0 bridgehead atoms. The summed E-state index contributed by atoms with van der Waals surface area (Å²) in [6.45, 7) is 2.07. The first kappa shape index (κ1) is 17.9. The third-order valence-corrected chi connectivity index (χ3v) is 5.63. The van der Waals surface area contributed by atoms with Crippen LogP contribution in [-0.4, -0.2) is 9.97 Å². The molecule has 0 atom stereocenters. The van der Waals surface area contributed by atoms with E-state index in [1.165, 1.54) is 11.1 Å². The van der Waals surface area contributed by atoms with Gasteiger partial charge in [0, 0.05) is 21.1 Å². The maximum Gasteiger partial charge on any atom is 0.143 e. The highest BCUT2D eigenvalue weighted by atomic mass is 79.9. The molecule has 1 N–H and O–H groups in total. The van der Waals surface area contributed by atoms with Crippen molar-refractivity contribution in [2.75, 3.05) is 5.32 Å². The first-order valence-electron chi connectivity index (χ1n) is 7.53. The van der Waals surface area contributed by atoms with Crippen LogP contribution in [-0.2, 0) is 0 Å². The lowest BCUT2D eigenvalue weighted by molar-refractivity contribution is 1.23. The first-order valence-corrected chi connectivity index (χ1v) is 9.20. The Morgan fingerprint density at radius 2 is 1.84 bits per heavy atom. The summed E-state index contributed by atoms with van der Waals surface area (Å²) in [5.41, 5.74) is 4.53. The summed E-state index contributed by atoms with van der Waals surface area (Å²) in [5, 5.41) is 6.64. The number of aryl methyl sites for hydroxylation is 1. The lowest BCUT2D eigenvalue weighted by Gasteiger charge is -2.09. The number of aromatic nitrogens is 2. The van der Waals surface area contributed by atoms with E-state index in [4.69, 9.17) is 0 Å². The van der Waals surface area contributed by atoms with E-state index < -0.39 is 0 Å². The number of halogens is 2. The summed E-state index contributed by atoms with van der Waals surface area (Å²) < 4.78 is 1.08. The van der Waals surface area contributed by atoms with Gasteiger partial charge in [0.15, 0.2) is 0 Å². The van der Waals surface area contributed by atoms with Crippen molar-refractivity contribution in [2.24, 2.45) is 0 Å². The molecule has 0 fully saturated rings. The van der Waals surface area contributed by atoms with Gasteiger partial charge in [-0.2, -0.15) is 0 Å². The lowest BCUT2D eigenvalue weighted by Crippen LogP contribution is -1.96. The summed E-state index contributed by atoms with van der Waals surface area (Å²) in [7, 11) is 0. The van der Waals surface area contributed by atoms with Gasteiger partial charge in [0.05, 0.1) is 5.39 Å². The summed E-state index contributed by atoms with van der Waals surface area (Å²) in [6.07, 6.45) is 1.61. The Labute approximate surface area is 164 Å². The van der Waals surface area contributed by atoms with E-state index in [1.54, 1.807) is 17.7 Å². The molecule has 0 saturated heterocycles. The van der Waals surface area contributed by atoms with Crippen molar-refractivity contribution in [3.8, 4) is 11.1 Å². The molecule has 25 heavy (non-hydrogen) atoms. The van der Waals surface area contributed by atoms with Crippen LogP contribution in [0.5, 0.6) is 0 Å². The van der Waals surface area contributed by atoms with Crippen LogP contribution in [0.2, 0.25) is 0 Å². The summed E-state index contributed by atoms with van der Waals surface area (Å²) in [5.74, 6) is 0.829. The number of fused-ring (bicyclic) bond motifs is 1. The molecule has 0 radical (unpaired) electrons. The molecule has 4 aromatic rings. The molecule has 0 amide bonds. The number of rotatable bonds is 3. The predicted octanol–water partition coefficient (Wildman–Crippen LogP) is 6.59. The van der Waals surface area contributed by atoms with Gasteiger partial charge in [0.25, 0.3) is 0 Å². The fraction of sp³-hybridized carbons (Fsp3) is 0.0526. The lowest BCUT2D eigenvalue weighted by atomic mass is 10.1. The molecule has 0 aliphatic rings. The number of thiophene rings is 1. The number of benzene rings is 2. The third-order valence-electron chi connectivity index (χ3n) is 3.89. The molecule has 0 aliphatic heterocycles. The highest BCUT2D eigenvalue weighted by Gasteiger charge is 2.13. The second-order valence-corrected chi connectivity index (χ2v) is 7.22. The van der Waals surface area contributed by atoms with E-state index in [2.05, 4.69) is 73.9 Å². The van der Waals surface area contributed by atoms with Crippen molar-refractivity contribution >= 4 is 61.4 Å². The molecule has 2 aromatic carbocycles. The maximum atomic E-state index is 4.48. The zero-order chi connectivity index (χ0) is 16.5. The van der Waals surface area contributed by atoms with E-state index >= 15 is 0 Å². The normalized spacial score (nSPS) is 10.5. The van der Waals surface area contributed by atoms with Gasteiger partial charge >= 0.3 is 0 Å². The highest BCUT2D eigenvalue weighted by Crippen LogP contribution is 2.37. The molecule has 0 aliphatic carbocycles. The van der Waals surface area contributed by atoms with E-state index in [1.807, 2.05) is 18.2 Å². The molecule has 2 heterocycles. The summed E-state index contributed by atoms with van der Waals surface area (Å²) >= 11 is 5.22. The topological polar surface area (TPSA) is 37.8 Å². The Morgan fingerprint density at radius 3 is 2.60 bits per heavy atom. The second kappa shape index (κ2) is 7.52. The van der Waals surface area contributed by atoms with E-state index in [9.17, 15) is 0 Å². The molecule has 2 aromatic heterocycles. The van der Waals surface area contributed by atoms with Crippen LogP contribution in [0.4, 0.5) is 11.5 Å². The van der Waals surface area contributed by atoms with Crippen LogP contribution in [0.15, 0.2) is 64.7 Å². The zero-order valence-electron chi connectivity index (χ0n) is 13.4. The number of hydrogen-bond acceptors (Lipinski definition) is 4. The summed E-state index contributed by atoms with van der Waals surface area (Å²) in [4.78, 5) is 9.89. The molecular formula is C19H15BrClN3S. The van der Waals surface area contributed by atoms with Gasteiger partial charge in [-0.3, -0.25) is 0 Å². The minimum Gasteiger partial charge on any atom is -0.340 e. The van der Waals surface area contributed by atoms with Crippen molar-refractivity contribution < 1.29 is 0 Å². The number of anilines is 2. The quantitative estimate of drug-likeness (QED) is 0.396. The Balaban J connectivity index is 0.00000182. The Bertz CT molecular complexity index is 1020. The molecule has 3 nitrogen and oxygen atoms in total. The third kappa shape index (κ3) is 3.54. The van der Waals surface area contributed by atoms with Crippen LogP contribution in [0.1, 0.15) is 5.56 Å². The average molecular weight is 433 g/mol. The minimum atomic E-state index is 0. The molecular weight excluding hydrogens is 418 g/mol. The van der Waals surface area contributed by atoms with Crippen LogP contribution < -0.4 is 5.32 Å². The Morgan fingerprint density at radius 1 is 1.04 bits per heavy atom. The van der Waals surface area contributed by atoms with Crippen molar-refractivity contribution in [3.05, 3.63) is 70.3 Å². The molecule has 6 heteroatoms. The molecule has 4 rings (SSSR count). The van der Waals surface area contributed by atoms with E-state index in [0.29, 0.717) is 0 Å². The standard InChI is InChI=1S/C19H14BrN3S.ClH/c1-12-7-8-14(9-16(12)20)23-18-17-15(13-5-3-2-4-6-13)10-24-19(17)22-11-21-18;/h2-11H,1H3,(H,21,22,23);1H. The Hall–Kier alpha value is -1.95. The largest absolute Gasteiger partial charge is 0.340 e. The monoisotopic (exact) mass is 431 g/mol. The van der Waals surface area contributed by atoms with Gasteiger partial charge in [0.2, 0.25) is 0 Å². The number of hydrogen-bond donors (Lipinski definition) is 1. The van der Waals surface area contributed by atoms with Crippen LogP contribution in [0.25, 0.3) is 21.3 Å². The van der Waals surface area contributed by atoms with Gasteiger partial charge in [0.1, 0.15) is 17.0 Å². The maximum absolute atomic E-state index is 4.48. The minimum absolute atomic E-state index is 0. The smallest absolute Gasteiger partial charge is 0.143 e. The number of nitrogens with zero attached hydrogens (tertiary/aromatic N) is 2. The van der Waals surface area contributed by atoms with Crippen LogP contribution in [0.3, 0.4) is 0 Å². The second-order valence-electron chi connectivity index (χ2n) is 5.51. The van der Waals surface area contributed by atoms with E-state index in [-0.39, 0.29) is 12.4 Å². The molecule has 0 saturated carbocycles.